The molecular weight excluding hydrogens is 408 g/mol. The van der Waals surface area contributed by atoms with Crippen molar-refractivity contribution in [3.63, 3.8) is 0 Å². The smallest absolute Gasteiger partial charge is 0.282 e. The van der Waals surface area contributed by atoms with Gasteiger partial charge in [0.1, 0.15) is 5.70 Å². The van der Waals surface area contributed by atoms with Gasteiger partial charge >= 0.3 is 0 Å². The normalized spacial score (nSPS) is 19.1. The molecule has 1 fully saturated rings. The Bertz CT molecular complexity index is 1080. The van der Waals surface area contributed by atoms with Crippen LogP contribution in [0, 0.1) is 12.8 Å². The van der Waals surface area contributed by atoms with Crippen LogP contribution in [0.1, 0.15) is 24.0 Å². The first-order valence-corrected chi connectivity index (χ1v) is 10.8. The first-order valence-electron chi connectivity index (χ1n) is 10.8. The number of amides is 2. The Labute approximate surface area is 187 Å². The summed E-state index contributed by atoms with van der Waals surface area (Å²) in [4.78, 5) is 30.7. The summed E-state index contributed by atoms with van der Waals surface area (Å²) in [5, 5.41) is 9.71. The molecule has 1 N–H and O–H groups in total. The van der Waals surface area contributed by atoms with Crippen LogP contribution in [-0.2, 0) is 9.59 Å². The van der Waals surface area contributed by atoms with Crippen molar-refractivity contribution in [2.45, 2.75) is 19.8 Å². The average molecular weight is 437 g/mol. The highest BCUT2D eigenvalue weighted by Crippen LogP contribution is 2.39. The van der Waals surface area contributed by atoms with Crippen LogP contribution in [0.4, 0.5) is 5.69 Å². The quantitative estimate of drug-likeness (QED) is 0.702. The summed E-state index contributed by atoms with van der Waals surface area (Å²) in [7, 11) is 3.09. The number of ether oxygens (including phenoxy) is 2. The molecule has 2 aromatic rings. The van der Waals surface area contributed by atoms with Gasteiger partial charge in [-0.1, -0.05) is 24.3 Å². The minimum Gasteiger partial charge on any atom is -0.493 e. The van der Waals surface area contributed by atoms with E-state index in [1.165, 1.54) is 12.0 Å². The predicted molar refractivity (Wildman–Crippen MR) is 122 cm³/mol. The molecule has 0 aromatic heterocycles. The van der Waals surface area contributed by atoms with Crippen LogP contribution in [0.25, 0.3) is 5.57 Å². The van der Waals surface area contributed by atoms with Crippen molar-refractivity contribution in [1.82, 2.24) is 4.90 Å². The number of nitrogens with zero attached hydrogens (tertiary/aromatic N) is 2. The molecule has 2 aromatic carbocycles. The zero-order valence-electron chi connectivity index (χ0n) is 18.6. The Kier molecular flexibility index (Phi) is 6.19. The van der Waals surface area contributed by atoms with Crippen LogP contribution >= 0.6 is 0 Å². The molecule has 168 valence electrons. The Morgan fingerprint density at radius 1 is 1.03 bits per heavy atom. The van der Waals surface area contributed by atoms with E-state index < -0.39 is 0 Å². The molecule has 2 amide bonds. The number of methoxy groups -OCH3 is 2. The number of hydrogen-bond acceptors (Lipinski definition) is 6. The molecule has 1 unspecified atom stereocenters. The van der Waals surface area contributed by atoms with Gasteiger partial charge in [-0.2, -0.15) is 0 Å². The monoisotopic (exact) mass is 436 g/mol. The Hall–Kier alpha value is -3.32. The number of piperidine rings is 1. The van der Waals surface area contributed by atoms with E-state index in [2.05, 4.69) is 0 Å². The van der Waals surface area contributed by atoms with Crippen LogP contribution in [0.15, 0.2) is 48.2 Å². The third kappa shape index (κ3) is 3.73. The SMILES string of the molecule is COc1ccc(C2=C(N3CCCC(CO)C3)C(=O)N(c3ccccc3C)C2=O)cc1OC. The number of aliphatic hydroxyl groups is 1. The van der Waals surface area contributed by atoms with Crippen molar-refractivity contribution in [3.8, 4) is 11.5 Å². The molecule has 0 aliphatic carbocycles. The lowest BCUT2D eigenvalue weighted by Gasteiger charge is -2.34. The molecule has 1 atom stereocenters. The summed E-state index contributed by atoms with van der Waals surface area (Å²) in [5.41, 5.74) is 2.74. The molecule has 2 aliphatic heterocycles. The highest BCUT2D eigenvalue weighted by molar-refractivity contribution is 6.45. The predicted octanol–water partition coefficient (Wildman–Crippen LogP) is 3.00. The topological polar surface area (TPSA) is 79.3 Å². The summed E-state index contributed by atoms with van der Waals surface area (Å²) >= 11 is 0. The first-order chi connectivity index (χ1) is 15.5. The van der Waals surface area contributed by atoms with E-state index in [-0.39, 0.29) is 24.3 Å². The van der Waals surface area contributed by atoms with Crippen molar-refractivity contribution < 1.29 is 24.2 Å². The number of anilines is 1. The van der Waals surface area contributed by atoms with Gasteiger partial charge in [0.2, 0.25) is 0 Å². The van der Waals surface area contributed by atoms with Gasteiger partial charge < -0.3 is 19.5 Å². The maximum absolute atomic E-state index is 13.7. The van der Waals surface area contributed by atoms with Gasteiger partial charge in [0.05, 0.1) is 25.5 Å². The van der Waals surface area contributed by atoms with Crippen LogP contribution in [0.3, 0.4) is 0 Å². The number of para-hydroxylation sites is 1. The molecule has 32 heavy (non-hydrogen) atoms. The van der Waals surface area contributed by atoms with Gasteiger partial charge in [0, 0.05) is 19.7 Å². The largest absolute Gasteiger partial charge is 0.493 e. The number of carbonyl (C=O) groups excluding carboxylic acids is 2. The second kappa shape index (κ2) is 9.04. The van der Waals surface area contributed by atoms with Crippen molar-refractivity contribution in [3.05, 3.63) is 59.3 Å². The minimum absolute atomic E-state index is 0.0547. The number of aryl methyl sites for hydroxylation is 1. The lowest BCUT2D eigenvalue weighted by atomic mass is 9.96. The number of carbonyl (C=O) groups is 2. The molecule has 0 saturated carbocycles. The molecule has 0 bridgehead atoms. The maximum atomic E-state index is 13.7. The minimum atomic E-state index is -0.363. The molecule has 7 heteroatoms. The summed E-state index contributed by atoms with van der Waals surface area (Å²) in [6, 6.07) is 12.6. The standard InChI is InChI=1S/C25H28N2O5/c1-16-7-4-5-9-19(16)27-24(29)22(18-10-11-20(31-2)21(13-18)32-3)23(25(27)30)26-12-6-8-17(14-26)15-28/h4-5,7,9-11,13,17,28H,6,8,12,14-15H2,1-3H3. The summed E-state index contributed by atoms with van der Waals surface area (Å²) < 4.78 is 10.8. The fraction of sp³-hybridized carbons (Fsp3) is 0.360. The highest BCUT2D eigenvalue weighted by Gasteiger charge is 2.43. The third-order valence-corrected chi connectivity index (χ3v) is 6.18. The molecule has 2 heterocycles. The van der Waals surface area contributed by atoms with E-state index in [4.69, 9.17) is 9.47 Å². The summed E-state index contributed by atoms with van der Waals surface area (Å²) in [5.74, 6) is 0.395. The fourth-order valence-corrected chi connectivity index (χ4v) is 4.51. The van der Waals surface area contributed by atoms with Crippen molar-refractivity contribution in [2.24, 2.45) is 5.92 Å². The Morgan fingerprint density at radius 3 is 2.47 bits per heavy atom. The molecule has 0 spiro atoms. The number of hydrogen-bond donors (Lipinski definition) is 1. The summed E-state index contributed by atoms with van der Waals surface area (Å²) in [6.45, 7) is 3.12. The third-order valence-electron chi connectivity index (χ3n) is 6.18. The van der Waals surface area contributed by atoms with E-state index in [1.807, 2.05) is 30.0 Å². The van der Waals surface area contributed by atoms with E-state index >= 15 is 0 Å². The van der Waals surface area contributed by atoms with E-state index in [0.717, 1.165) is 18.4 Å². The van der Waals surface area contributed by atoms with Crippen LogP contribution < -0.4 is 14.4 Å². The molecular formula is C25H28N2O5. The van der Waals surface area contributed by atoms with Gasteiger partial charge in [0.15, 0.2) is 11.5 Å². The van der Waals surface area contributed by atoms with Crippen LogP contribution in [-0.4, -0.2) is 55.7 Å². The van der Waals surface area contributed by atoms with Gasteiger partial charge in [0.25, 0.3) is 11.8 Å². The number of imide groups is 1. The second-order valence-electron chi connectivity index (χ2n) is 8.16. The zero-order chi connectivity index (χ0) is 22.8. The lowest BCUT2D eigenvalue weighted by molar-refractivity contribution is -0.120. The number of rotatable bonds is 6. The number of aliphatic hydroxyl groups excluding tert-OH is 1. The zero-order valence-corrected chi connectivity index (χ0v) is 18.6. The molecule has 0 radical (unpaired) electrons. The van der Waals surface area contributed by atoms with E-state index in [1.54, 1.807) is 31.4 Å². The molecule has 1 saturated heterocycles. The van der Waals surface area contributed by atoms with Crippen molar-refractivity contribution >= 4 is 23.1 Å². The second-order valence-corrected chi connectivity index (χ2v) is 8.16. The Morgan fingerprint density at radius 2 is 1.78 bits per heavy atom. The maximum Gasteiger partial charge on any atom is 0.282 e. The van der Waals surface area contributed by atoms with Gasteiger partial charge in [-0.15, -0.1) is 0 Å². The van der Waals surface area contributed by atoms with Crippen LogP contribution in [0.5, 0.6) is 11.5 Å². The number of likely N-dealkylation sites (tertiary alicyclic amines) is 1. The van der Waals surface area contributed by atoms with E-state index in [9.17, 15) is 14.7 Å². The molecule has 2 aliphatic rings. The van der Waals surface area contributed by atoms with Gasteiger partial charge in [-0.25, -0.2) is 4.90 Å². The summed E-state index contributed by atoms with van der Waals surface area (Å²) in [6.07, 6.45) is 1.75. The van der Waals surface area contributed by atoms with Gasteiger partial charge in [-0.05, 0) is 55.0 Å². The highest BCUT2D eigenvalue weighted by atomic mass is 16.5. The number of benzene rings is 2. The first kappa shape index (κ1) is 21.9. The molecule has 4 rings (SSSR count). The van der Waals surface area contributed by atoms with Crippen molar-refractivity contribution in [1.29, 1.82) is 0 Å². The van der Waals surface area contributed by atoms with E-state index in [0.29, 0.717) is 47.1 Å². The van der Waals surface area contributed by atoms with Crippen molar-refractivity contribution in [2.75, 3.05) is 38.8 Å². The lowest BCUT2D eigenvalue weighted by Crippen LogP contribution is -2.40. The molecule has 7 nitrogen and oxygen atoms in total. The Balaban J connectivity index is 1.86. The average Bonchev–Trinajstić information content (AvgIpc) is 3.08. The van der Waals surface area contributed by atoms with Crippen LogP contribution in [0.2, 0.25) is 0 Å². The van der Waals surface area contributed by atoms with Gasteiger partial charge in [-0.3, -0.25) is 9.59 Å². The fourth-order valence-electron chi connectivity index (χ4n) is 4.51.